The van der Waals surface area contributed by atoms with E-state index in [1.165, 1.54) is 0 Å². The SMILES string of the molecule is CCCCN(C(=O)CCc1ccccc1OC)C1CC(C)(C)NC(C)(C)C1. The molecular formula is C23H38N2O2. The first-order valence-electron chi connectivity index (χ1n) is 10.4. The molecule has 27 heavy (non-hydrogen) atoms. The molecule has 1 aromatic rings. The first-order valence-corrected chi connectivity index (χ1v) is 10.4. The van der Waals surface area contributed by atoms with Crippen molar-refractivity contribution in [2.45, 2.75) is 90.3 Å². The molecule has 0 aliphatic carbocycles. The smallest absolute Gasteiger partial charge is 0.223 e. The maximum absolute atomic E-state index is 13.2. The van der Waals surface area contributed by atoms with Gasteiger partial charge in [-0.2, -0.15) is 0 Å². The summed E-state index contributed by atoms with van der Waals surface area (Å²) in [5.41, 5.74) is 1.19. The van der Waals surface area contributed by atoms with Crippen molar-refractivity contribution in [3.05, 3.63) is 29.8 Å². The molecule has 1 fully saturated rings. The van der Waals surface area contributed by atoms with Crippen LogP contribution in [0, 0.1) is 0 Å². The number of hydrogen-bond acceptors (Lipinski definition) is 3. The Balaban J connectivity index is 2.11. The predicted molar refractivity (Wildman–Crippen MR) is 112 cm³/mol. The Labute approximate surface area is 165 Å². The molecule has 4 heteroatoms. The van der Waals surface area contributed by atoms with Gasteiger partial charge in [-0.25, -0.2) is 0 Å². The number of nitrogens with zero attached hydrogens (tertiary/aromatic N) is 1. The summed E-state index contributed by atoms with van der Waals surface area (Å²) in [5, 5.41) is 3.73. The van der Waals surface area contributed by atoms with Crippen molar-refractivity contribution < 1.29 is 9.53 Å². The summed E-state index contributed by atoms with van der Waals surface area (Å²) in [7, 11) is 1.69. The number of rotatable bonds is 8. The maximum atomic E-state index is 13.2. The van der Waals surface area contributed by atoms with E-state index < -0.39 is 0 Å². The molecule has 2 rings (SSSR count). The third kappa shape index (κ3) is 6.24. The lowest BCUT2D eigenvalue weighted by Gasteiger charge is -2.49. The molecule has 1 aliphatic rings. The Hall–Kier alpha value is -1.55. The minimum absolute atomic E-state index is 0.0415. The minimum Gasteiger partial charge on any atom is -0.496 e. The van der Waals surface area contributed by atoms with Crippen LogP contribution in [0.1, 0.15) is 72.3 Å². The number of amides is 1. The second kappa shape index (κ2) is 9.09. The molecule has 152 valence electrons. The monoisotopic (exact) mass is 374 g/mol. The topological polar surface area (TPSA) is 41.6 Å². The van der Waals surface area contributed by atoms with Crippen LogP contribution in [-0.2, 0) is 11.2 Å². The normalized spacial score (nSPS) is 18.9. The zero-order valence-electron chi connectivity index (χ0n) is 18.1. The fourth-order valence-electron chi connectivity index (χ4n) is 4.62. The minimum atomic E-state index is 0.0415. The van der Waals surface area contributed by atoms with Gasteiger partial charge in [-0.1, -0.05) is 31.5 Å². The van der Waals surface area contributed by atoms with Crippen LogP contribution in [0.3, 0.4) is 0 Å². The van der Waals surface area contributed by atoms with Crippen LogP contribution in [0.5, 0.6) is 5.75 Å². The molecule has 1 heterocycles. The first kappa shape index (κ1) is 21.7. The van der Waals surface area contributed by atoms with Crippen molar-refractivity contribution in [2.24, 2.45) is 0 Å². The molecule has 0 unspecified atom stereocenters. The van der Waals surface area contributed by atoms with E-state index in [1.54, 1.807) is 7.11 Å². The fraction of sp³-hybridized carbons (Fsp3) is 0.696. The van der Waals surface area contributed by atoms with Crippen LogP contribution in [0.2, 0.25) is 0 Å². The number of ether oxygens (including phenoxy) is 1. The second-order valence-corrected chi connectivity index (χ2v) is 9.21. The quantitative estimate of drug-likeness (QED) is 0.725. The van der Waals surface area contributed by atoms with Gasteiger partial charge in [0, 0.05) is 30.1 Å². The van der Waals surface area contributed by atoms with Crippen LogP contribution >= 0.6 is 0 Å². The molecule has 1 saturated heterocycles. The number of methoxy groups -OCH3 is 1. The largest absolute Gasteiger partial charge is 0.496 e. The zero-order chi connectivity index (χ0) is 20.1. The van der Waals surface area contributed by atoms with Gasteiger partial charge in [0.15, 0.2) is 0 Å². The third-order valence-electron chi connectivity index (χ3n) is 5.48. The van der Waals surface area contributed by atoms with Crippen molar-refractivity contribution in [1.82, 2.24) is 10.2 Å². The van der Waals surface area contributed by atoms with Gasteiger partial charge >= 0.3 is 0 Å². The summed E-state index contributed by atoms with van der Waals surface area (Å²) in [4.78, 5) is 15.4. The molecule has 0 atom stereocenters. The summed E-state index contributed by atoms with van der Waals surface area (Å²) < 4.78 is 5.44. The number of aryl methyl sites for hydroxylation is 1. The van der Waals surface area contributed by atoms with Crippen molar-refractivity contribution in [2.75, 3.05) is 13.7 Å². The van der Waals surface area contributed by atoms with Gasteiger partial charge in [0.05, 0.1) is 7.11 Å². The van der Waals surface area contributed by atoms with E-state index >= 15 is 0 Å². The molecule has 0 bridgehead atoms. The van der Waals surface area contributed by atoms with Crippen molar-refractivity contribution >= 4 is 5.91 Å². The van der Waals surface area contributed by atoms with Crippen molar-refractivity contribution in [3.8, 4) is 5.75 Å². The molecule has 1 aromatic carbocycles. The van der Waals surface area contributed by atoms with Crippen molar-refractivity contribution in [1.29, 1.82) is 0 Å². The van der Waals surface area contributed by atoms with Crippen LogP contribution in [0.15, 0.2) is 24.3 Å². The highest BCUT2D eigenvalue weighted by Gasteiger charge is 2.40. The second-order valence-electron chi connectivity index (χ2n) is 9.21. The number of carbonyl (C=O) groups is 1. The number of unbranched alkanes of at least 4 members (excludes halogenated alkanes) is 1. The molecule has 0 saturated carbocycles. The Kier molecular flexibility index (Phi) is 7.32. The highest BCUT2D eigenvalue weighted by atomic mass is 16.5. The number of benzene rings is 1. The van der Waals surface area contributed by atoms with Gasteiger partial charge in [0.2, 0.25) is 5.91 Å². The van der Waals surface area contributed by atoms with Gasteiger partial charge in [-0.15, -0.1) is 0 Å². The van der Waals surface area contributed by atoms with Crippen LogP contribution in [0.25, 0.3) is 0 Å². The molecule has 1 amide bonds. The van der Waals surface area contributed by atoms with Crippen LogP contribution in [0.4, 0.5) is 0 Å². The van der Waals surface area contributed by atoms with Gasteiger partial charge in [0.1, 0.15) is 5.75 Å². The standard InChI is InChI=1S/C23H38N2O2/c1-7-8-15-25(19-16-22(2,3)24-23(4,5)17-19)21(26)14-13-18-11-9-10-12-20(18)27-6/h9-12,19,24H,7-8,13-17H2,1-6H3. The van der Waals surface area contributed by atoms with Gasteiger partial charge in [0.25, 0.3) is 0 Å². The maximum Gasteiger partial charge on any atom is 0.223 e. The van der Waals surface area contributed by atoms with E-state index in [9.17, 15) is 4.79 Å². The van der Waals surface area contributed by atoms with E-state index in [2.05, 4.69) is 50.9 Å². The highest BCUT2D eigenvalue weighted by Crippen LogP contribution is 2.32. The third-order valence-corrected chi connectivity index (χ3v) is 5.48. The van der Waals surface area contributed by atoms with E-state index in [0.29, 0.717) is 12.5 Å². The lowest BCUT2D eigenvalue weighted by molar-refractivity contribution is -0.135. The van der Waals surface area contributed by atoms with E-state index in [0.717, 1.165) is 50.0 Å². The number of hydrogen-bond donors (Lipinski definition) is 1. The van der Waals surface area contributed by atoms with E-state index in [4.69, 9.17) is 4.74 Å². The molecule has 1 N–H and O–H groups in total. The Morgan fingerprint density at radius 1 is 1.19 bits per heavy atom. The average molecular weight is 375 g/mol. The van der Waals surface area contributed by atoms with Crippen LogP contribution in [-0.4, -0.2) is 41.6 Å². The highest BCUT2D eigenvalue weighted by molar-refractivity contribution is 5.77. The molecular weight excluding hydrogens is 336 g/mol. The molecule has 0 radical (unpaired) electrons. The van der Waals surface area contributed by atoms with Gasteiger partial charge in [-0.05, 0) is 65.0 Å². The number of carbonyl (C=O) groups excluding carboxylic acids is 1. The van der Waals surface area contributed by atoms with E-state index in [-0.39, 0.29) is 17.0 Å². The number of para-hydroxylation sites is 1. The Morgan fingerprint density at radius 3 is 2.41 bits per heavy atom. The predicted octanol–water partition coefficient (Wildman–Crippen LogP) is 4.57. The lowest BCUT2D eigenvalue weighted by atomic mass is 9.79. The van der Waals surface area contributed by atoms with Crippen LogP contribution < -0.4 is 10.1 Å². The summed E-state index contributed by atoms with van der Waals surface area (Å²) >= 11 is 0. The first-order chi connectivity index (χ1) is 12.7. The summed E-state index contributed by atoms with van der Waals surface area (Å²) in [6.45, 7) is 12.0. The number of piperidine rings is 1. The summed E-state index contributed by atoms with van der Waals surface area (Å²) in [5.74, 6) is 1.14. The van der Waals surface area contributed by atoms with E-state index in [1.807, 2.05) is 18.2 Å². The fourth-order valence-corrected chi connectivity index (χ4v) is 4.62. The molecule has 1 aliphatic heterocycles. The summed E-state index contributed by atoms with van der Waals surface area (Å²) in [6, 6.07) is 8.30. The Morgan fingerprint density at radius 2 is 1.81 bits per heavy atom. The molecule has 4 nitrogen and oxygen atoms in total. The molecule has 0 aromatic heterocycles. The number of nitrogens with one attached hydrogen (secondary N) is 1. The lowest BCUT2D eigenvalue weighted by Crippen LogP contribution is -2.62. The molecule has 0 spiro atoms. The average Bonchev–Trinajstić information content (AvgIpc) is 2.57. The van der Waals surface area contributed by atoms with Gasteiger partial charge < -0.3 is 15.0 Å². The Bertz CT molecular complexity index is 609. The summed E-state index contributed by atoms with van der Waals surface area (Å²) in [6.07, 6.45) is 5.43. The zero-order valence-corrected chi connectivity index (χ0v) is 18.1. The van der Waals surface area contributed by atoms with Crippen molar-refractivity contribution in [3.63, 3.8) is 0 Å². The van der Waals surface area contributed by atoms with Gasteiger partial charge in [-0.3, -0.25) is 4.79 Å².